The first-order valence-corrected chi connectivity index (χ1v) is 5.25. The average molecular weight is 236 g/mol. The molecule has 2 N–H and O–H groups in total. The highest BCUT2D eigenvalue weighted by molar-refractivity contribution is 6.35. The van der Waals surface area contributed by atoms with Gasteiger partial charge < -0.3 is 15.4 Å². The molecule has 0 heterocycles. The second kappa shape index (κ2) is 5.89. The van der Waals surface area contributed by atoms with Gasteiger partial charge in [0.25, 0.3) is 0 Å². The normalized spacial score (nSPS) is 11.5. The summed E-state index contributed by atoms with van der Waals surface area (Å²) in [6, 6.07) is 7.06. The van der Waals surface area contributed by atoms with E-state index in [2.05, 4.69) is 10.6 Å². The van der Waals surface area contributed by atoms with Gasteiger partial charge in [-0.25, -0.2) is 0 Å². The van der Waals surface area contributed by atoms with Crippen LogP contribution in [-0.4, -0.2) is 26.0 Å². The van der Waals surface area contributed by atoms with Gasteiger partial charge in [0.1, 0.15) is 5.75 Å². The number of nitrogens with one attached hydrogen (secondary N) is 2. The molecule has 5 nitrogen and oxygen atoms in total. The van der Waals surface area contributed by atoms with Gasteiger partial charge in [0.15, 0.2) is 0 Å². The van der Waals surface area contributed by atoms with Crippen molar-refractivity contribution < 1.29 is 14.3 Å². The summed E-state index contributed by atoms with van der Waals surface area (Å²) in [4.78, 5) is 22.4. The number of carbonyl (C=O) groups is 2. The van der Waals surface area contributed by atoms with Crippen molar-refractivity contribution in [1.82, 2.24) is 10.6 Å². The van der Waals surface area contributed by atoms with Crippen LogP contribution in [0.3, 0.4) is 0 Å². The summed E-state index contributed by atoms with van der Waals surface area (Å²) in [6.07, 6.45) is 0. The lowest BCUT2D eigenvalue weighted by atomic mass is 10.1. The van der Waals surface area contributed by atoms with E-state index in [1.807, 2.05) is 19.1 Å². The summed E-state index contributed by atoms with van der Waals surface area (Å²) < 4.78 is 5.03. The molecule has 0 aromatic heterocycles. The number of likely N-dealkylation sites (N-methyl/N-ethyl adjacent to an activating group) is 1. The predicted molar refractivity (Wildman–Crippen MR) is 63.6 cm³/mol. The molecule has 5 heteroatoms. The molecule has 92 valence electrons. The van der Waals surface area contributed by atoms with E-state index < -0.39 is 11.8 Å². The van der Waals surface area contributed by atoms with E-state index in [-0.39, 0.29) is 6.04 Å². The Hall–Kier alpha value is -2.04. The van der Waals surface area contributed by atoms with Crippen LogP contribution in [0.25, 0.3) is 0 Å². The Balaban J connectivity index is 2.66. The molecule has 1 aromatic rings. The minimum Gasteiger partial charge on any atom is -0.497 e. The Labute approximate surface area is 100 Å². The first-order valence-electron chi connectivity index (χ1n) is 5.25. The second-order valence-corrected chi connectivity index (χ2v) is 3.55. The third kappa shape index (κ3) is 3.48. The maximum Gasteiger partial charge on any atom is 0.309 e. The number of methoxy groups -OCH3 is 1. The van der Waals surface area contributed by atoms with Crippen LogP contribution in [0.1, 0.15) is 18.5 Å². The lowest BCUT2D eigenvalue weighted by Gasteiger charge is -2.13. The van der Waals surface area contributed by atoms with Crippen molar-refractivity contribution in [3.8, 4) is 5.75 Å². The Morgan fingerprint density at radius 2 is 1.76 bits per heavy atom. The monoisotopic (exact) mass is 236 g/mol. The molecule has 0 aliphatic rings. The lowest BCUT2D eigenvalue weighted by molar-refractivity contribution is -0.139. The third-order valence-corrected chi connectivity index (χ3v) is 2.40. The number of ether oxygens (including phenoxy) is 1. The van der Waals surface area contributed by atoms with E-state index in [9.17, 15) is 9.59 Å². The first kappa shape index (κ1) is 13.0. The highest BCUT2D eigenvalue weighted by Crippen LogP contribution is 2.16. The zero-order valence-corrected chi connectivity index (χ0v) is 10.1. The molecular formula is C12H16N2O3. The van der Waals surface area contributed by atoms with Gasteiger partial charge in [-0.3, -0.25) is 9.59 Å². The summed E-state index contributed by atoms with van der Waals surface area (Å²) in [5, 5.41) is 4.86. The van der Waals surface area contributed by atoms with Crippen LogP contribution in [0.2, 0.25) is 0 Å². The quantitative estimate of drug-likeness (QED) is 0.756. The Morgan fingerprint density at radius 1 is 1.18 bits per heavy atom. The van der Waals surface area contributed by atoms with E-state index >= 15 is 0 Å². The maximum atomic E-state index is 11.3. The van der Waals surface area contributed by atoms with E-state index in [0.717, 1.165) is 11.3 Å². The zero-order chi connectivity index (χ0) is 12.8. The van der Waals surface area contributed by atoms with Crippen LogP contribution >= 0.6 is 0 Å². The molecule has 0 bridgehead atoms. The molecular weight excluding hydrogens is 220 g/mol. The first-order chi connectivity index (χ1) is 8.08. The number of rotatable bonds is 3. The lowest BCUT2D eigenvalue weighted by Crippen LogP contribution is -2.39. The topological polar surface area (TPSA) is 67.4 Å². The van der Waals surface area contributed by atoms with E-state index in [4.69, 9.17) is 4.74 Å². The van der Waals surface area contributed by atoms with Gasteiger partial charge in [-0.05, 0) is 24.6 Å². The van der Waals surface area contributed by atoms with Crippen molar-refractivity contribution >= 4 is 11.8 Å². The molecule has 0 aliphatic heterocycles. The maximum absolute atomic E-state index is 11.3. The molecule has 0 spiro atoms. The van der Waals surface area contributed by atoms with Crippen molar-refractivity contribution in [3.05, 3.63) is 29.8 Å². The smallest absolute Gasteiger partial charge is 0.309 e. The fraction of sp³-hybridized carbons (Fsp3) is 0.333. The number of hydrogen-bond acceptors (Lipinski definition) is 3. The van der Waals surface area contributed by atoms with E-state index in [1.165, 1.54) is 7.05 Å². The molecule has 0 radical (unpaired) electrons. The third-order valence-electron chi connectivity index (χ3n) is 2.40. The summed E-state index contributed by atoms with van der Waals surface area (Å²) in [6.45, 7) is 1.81. The van der Waals surface area contributed by atoms with Crippen molar-refractivity contribution in [1.29, 1.82) is 0 Å². The minimum absolute atomic E-state index is 0.231. The van der Waals surface area contributed by atoms with E-state index in [1.54, 1.807) is 19.2 Å². The molecule has 0 saturated heterocycles. The molecule has 1 aromatic carbocycles. The number of hydrogen-bond donors (Lipinski definition) is 2. The van der Waals surface area contributed by atoms with Crippen LogP contribution in [0.5, 0.6) is 5.75 Å². The number of benzene rings is 1. The highest BCUT2D eigenvalue weighted by atomic mass is 16.5. The average Bonchev–Trinajstić information content (AvgIpc) is 2.37. The standard InChI is InChI=1S/C12H16N2O3/c1-8(14-12(16)11(15)13-2)9-4-6-10(17-3)7-5-9/h4-8H,1-3H3,(H,13,15)(H,14,16). The van der Waals surface area contributed by atoms with Gasteiger partial charge in [-0.1, -0.05) is 12.1 Å². The fourth-order valence-electron chi connectivity index (χ4n) is 1.35. The van der Waals surface area contributed by atoms with Crippen LogP contribution in [0.4, 0.5) is 0 Å². The van der Waals surface area contributed by atoms with Gasteiger partial charge in [-0.15, -0.1) is 0 Å². The van der Waals surface area contributed by atoms with Crippen LogP contribution in [-0.2, 0) is 9.59 Å². The molecule has 2 amide bonds. The zero-order valence-electron chi connectivity index (χ0n) is 10.1. The highest BCUT2D eigenvalue weighted by Gasteiger charge is 2.15. The van der Waals surface area contributed by atoms with Gasteiger partial charge in [0.2, 0.25) is 0 Å². The summed E-state index contributed by atoms with van der Waals surface area (Å²) in [5.74, 6) is -0.542. The molecule has 17 heavy (non-hydrogen) atoms. The van der Waals surface area contributed by atoms with Crippen molar-refractivity contribution in [3.63, 3.8) is 0 Å². The Morgan fingerprint density at radius 3 is 2.24 bits per heavy atom. The Bertz CT molecular complexity index is 401. The molecule has 1 rings (SSSR count). The largest absolute Gasteiger partial charge is 0.497 e. The molecule has 1 unspecified atom stereocenters. The van der Waals surface area contributed by atoms with Crippen LogP contribution < -0.4 is 15.4 Å². The summed E-state index contributed by atoms with van der Waals surface area (Å²) in [5.41, 5.74) is 0.906. The van der Waals surface area contributed by atoms with Crippen LogP contribution in [0.15, 0.2) is 24.3 Å². The minimum atomic E-state index is -0.648. The van der Waals surface area contributed by atoms with Gasteiger partial charge in [0, 0.05) is 7.05 Å². The fourth-order valence-corrected chi connectivity index (χ4v) is 1.35. The van der Waals surface area contributed by atoms with E-state index in [0.29, 0.717) is 0 Å². The van der Waals surface area contributed by atoms with Crippen LogP contribution in [0, 0.1) is 0 Å². The molecule has 0 aliphatic carbocycles. The van der Waals surface area contributed by atoms with Crippen molar-refractivity contribution in [2.75, 3.05) is 14.2 Å². The second-order valence-electron chi connectivity index (χ2n) is 3.55. The predicted octanol–water partition coefficient (Wildman–Crippen LogP) is 0.618. The molecule has 0 fully saturated rings. The Kier molecular flexibility index (Phi) is 4.51. The molecule has 0 saturated carbocycles. The van der Waals surface area contributed by atoms with Gasteiger partial charge in [-0.2, -0.15) is 0 Å². The summed E-state index contributed by atoms with van der Waals surface area (Å²) >= 11 is 0. The SMILES string of the molecule is CNC(=O)C(=O)NC(C)c1ccc(OC)cc1. The van der Waals surface area contributed by atoms with Crippen molar-refractivity contribution in [2.24, 2.45) is 0 Å². The number of carbonyl (C=O) groups excluding carboxylic acids is 2. The number of amides is 2. The van der Waals surface area contributed by atoms with Gasteiger partial charge >= 0.3 is 11.8 Å². The summed E-state index contributed by atoms with van der Waals surface area (Å²) in [7, 11) is 3.01. The van der Waals surface area contributed by atoms with Crippen molar-refractivity contribution in [2.45, 2.75) is 13.0 Å². The molecule has 1 atom stereocenters. The van der Waals surface area contributed by atoms with Gasteiger partial charge in [0.05, 0.1) is 13.2 Å².